The summed E-state index contributed by atoms with van der Waals surface area (Å²) in [4.78, 5) is 0. The zero-order valence-electron chi connectivity index (χ0n) is 10.6. The molecule has 1 aliphatic heterocycles. The number of hydrogen-bond donors (Lipinski definition) is 1. The number of nitrogens with one attached hydrogen (secondary N) is 1. The lowest BCUT2D eigenvalue weighted by molar-refractivity contribution is 0.340. The minimum Gasteiger partial charge on any atom is -0.494 e. The summed E-state index contributed by atoms with van der Waals surface area (Å²) in [5, 5.41) is 3.68. The molecule has 2 nitrogen and oxygen atoms in total. The van der Waals surface area contributed by atoms with E-state index in [1.165, 1.54) is 23.5 Å². The third-order valence-corrected chi connectivity index (χ3v) is 4.15. The SMILES string of the molecule is CCOc1ccc(C2CSCCC(C)N2)cc1. The van der Waals surface area contributed by atoms with Crippen LogP contribution in [0.4, 0.5) is 0 Å². The lowest BCUT2D eigenvalue weighted by Gasteiger charge is -2.19. The van der Waals surface area contributed by atoms with E-state index in [9.17, 15) is 0 Å². The first kappa shape index (κ1) is 12.8. The van der Waals surface area contributed by atoms with Crippen LogP contribution in [0.2, 0.25) is 0 Å². The maximum Gasteiger partial charge on any atom is 0.119 e. The minimum atomic E-state index is 0.480. The zero-order chi connectivity index (χ0) is 12.1. The quantitative estimate of drug-likeness (QED) is 0.891. The Labute approximate surface area is 108 Å². The first-order valence-corrected chi connectivity index (χ1v) is 7.51. The lowest BCUT2D eigenvalue weighted by Crippen LogP contribution is -2.30. The summed E-state index contributed by atoms with van der Waals surface area (Å²) in [6.07, 6.45) is 1.26. The average Bonchev–Trinajstić information content (AvgIpc) is 2.55. The summed E-state index contributed by atoms with van der Waals surface area (Å²) >= 11 is 2.04. The Balaban J connectivity index is 2.04. The second kappa shape index (κ2) is 6.31. The standard InChI is InChI=1S/C14H21NOS/c1-3-16-13-6-4-12(5-7-13)14-10-17-9-8-11(2)15-14/h4-7,11,14-15H,3,8-10H2,1-2H3. The summed E-state index contributed by atoms with van der Waals surface area (Å²) in [7, 11) is 0. The predicted octanol–water partition coefficient (Wildman–Crippen LogP) is 3.24. The largest absolute Gasteiger partial charge is 0.494 e. The molecule has 2 unspecified atom stereocenters. The van der Waals surface area contributed by atoms with E-state index in [0.29, 0.717) is 12.1 Å². The smallest absolute Gasteiger partial charge is 0.119 e. The van der Waals surface area contributed by atoms with Gasteiger partial charge in [-0.3, -0.25) is 0 Å². The predicted molar refractivity (Wildman–Crippen MR) is 74.9 cm³/mol. The molecular formula is C14H21NOS. The molecule has 0 bridgehead atoms. The molecule has 1 N–H and O–H groups in total. The van der Waals surface area contributed by atoms with E-state index >= 15 is 0 Å². The highest BCUT2D eigenvalue weighted by atomic mass is 32.2. The van der Waals surface area contributed by atoms with Crippen LogP contribution in [0.1, 0.15) is 31.9 Å². The van der Waals surface area contributed by atoms with Crippen molar-refractivity contribution < 1.29 is 4.74 Å². The zero-order valence-corrected chi connectivity index (χ0v) is 11.4. The summed E-state index contributed by atoms with van der Waals surface area (Å²) in [6.45, 7) is 5.01. The van der Waals surface area contributed by atoms with Gasteiger partial charge in [-0.25, -0.2) is 0 Å². The molecule has 0 aromatic heterocycles. The van der Waals surface area contributed by atoms with Gasteiger partial charge in [-0.15, -0.1) is 0 Å². The van der Waals surface area contributed by atoms with Crippen molar-refractivity contribution in [1.82, 2.24) is 5.32 Å². The Hall–Kier alpha value is -0.670. The maximum atomic E-state index is 5.47. The van der Waals surface area contributed by atoms with Gasteiger partial charge >= 0.3 is 0 Å². The van der Waals surface area contributed by atoms with Gasteiger partial charge in [0.15, 0.2) is 0 Å². The molecule has 3 heteroatoms. The summed E-state index contributed by atoms with van der Waals surface area (Å²) in [5.41, 5.74) is 1.37. The van der Waals surface area contributed by atoms with E-state index in [0.717, 1.165) is 12.4 Å². The molecule has 1 aromatic carbocycles. The maximum absolute atomic E-state index is 5.47. The average molecular weight is 251 g/mol. The van der Waals surface area contributed by atoms with Crippen LogP contribution in [0.25, 0.3) is 0 Å². The second-order valence-corrected chi connectivity index (χ2v) is 5.64. The fourth-order valence-corrected chi connectivity index (χ4v) is 3.30. The monoisotopic (exact) mass is 251 g/mol. The van der Waals surface area contributed by atoms with Gasteiger partial charge in [0.1, 0.15) is 5.75 Å². The van der Waals surface area contributed by atoms with Crippen LogP contribution in [0.3, 0.4) is 0 Å². The molecule has 1 fully saturated rings. The molecule has 2 rings (SSSR count). The molecule has 0 aliphatic carbocycles. The van der Waals surface area contributed by atoms with Gasteiger partial charge in [-0.05, 0) is 43.7 Å². The molecule has 1 heterocycles. The first-order valence-electron chi connectivity index (χ1n) is 6.36. The number of rotatable bonds is 3. The highest BCUT2D eigenvalue weighted by molar-refractivity contribution is 7.99. The van der Waals surface area contributed by atoms with Crippen LogP contribution in [-0.4, -0.2) is 24.2 Å². The normalized spacial score (nSPS) is 25.3. The molecule has 1 aliphatic rings. The Bertz CT molecular complexity index is 339. The van der Waals surface area contributed by atoms with Crippen molar-refractivity contribution in [2.45, 2.75) is 32.4 Å². The van der Waals surface area contributed by atoms with Crippen LogP contribution in [0, 0.1) is 0 Å². The van der Waals surface area contributed by atoms with E-state index in [4.69, 9.17) is 4.74 Å². The molecule has 0 radical (unpaired) electrons. The van der Waals surface area contributed by atoms with Gasteiger partial charge in [0, 0.05) is 17.8 Å². The van der Waals surface area contributed by atoms with Crippen molar-refractivity contribution in [2.75, 3.05) is 18.1 Å². The fraction of sp³-hybridized carbons (Fsp3) is 0.571. The Kier molecular flexibility index (Phi) is 4.75. The van der Waals surface area contributed by atoms with E-state index in [1.54, 1.807) is 0 Å². The third kappa shape index (κ3) is 3.65. The topological polar surface area (TPSA) is 21.3 Å². The summed E-state index contributed by atoms with van der Waals surface area (Å²) < 4.78 is 5.47. The van der Waals surface area contributed by atoms with Crippen LogP contribution in [0.5, 0.6) is 5.75 Å². The lowest BCUT2D eigenvalue weighted by atomic mass is 10.1. The summed E-state index contributed by atoms with van der Waals surface area (Å²) in [5.74, 6) is 3.39. The second-order valence-electron chi connectivity index (χ2n) is 4.49. The van der Waals surface area contributed by atoms with Gasteiger partial charge in [0.25, 0.3) is 0 Å². The van der Waals surface area contributed by atoms with Crippen LogP contribution in [-0.2, 0) is 0 Å². The van der Waals surface area contributed by atoms with Crippen LogP contribution < -0.4 is 10.1 Å². The van der Waals surface area contributed by atoms with Gasteiger partial charge in [0.05, 0.1) is 6.61 Å². The van der Waals surface area contributed by atoms with Gasteiger partial charge in [-0.2, -0.15) is 11.8 Å². The van der Waals surface area contributed by atoms with Crippen molar-refractivity contribution >= 4 is 11.8 Å². The molecule has 1 aromatic rings. The van der Waals surface area contributed by atoms with Crippen molar-refractivity contribution in [3.8, 4) is 5.75 Å². The highest BCUT2D eigenvalue weighted by Crippen LogP contribution is 2.25. The highest BCUT2D eigenvalue weighted by Gasteiger charge is 2.17. The molecule has 0 spiro atoms. The Morgan fingerprint density at radius 3 is 2.82 bits per heavy atom. The molecule has 2 atom stereocenters. The van der Waals surface area contributed by atoms with Crippen LogP contribution in [0.15, 0.2) is 24.3 Å². The molecular weight excluding hydrogens is 230 g/mol. The molecule has 1 saturated heterocycles. The van der Waals surface area contributed by atoms with Crippen molar-refractivity contribution in [3.63, 3.8) is 0 Å². The number of thioether (sulfide) groups is 1. The van der Waals surface area contributed by atoms with E-state index in [-0.39, 0.29) is 0 Å². The number of hydrogen-bond acceptors (Lipinski definition) is 3. The number of benzene rings is 1. The first-order chi connectivity index (χ1) is 8.29. The minimum absolute atomic E-state index is 0.480. The molecule has 94 valence electrons. The van der Waals surface area contributed by atoms with Gasteiger partial charge < -0.3 is 10.1 Å². The van der Waals surface area contributed by atoms with Gasteiger partial charge in [-0.1, -0.05) is 12.1 Å². The fourth-order valence-electron chi connectivity index (χ4n) is 2.09. The Morgan fingerprint density at radius 1 is 1.35 bits per heavy atom. The third-order valence-electron chi connectivity index (χ3n) is 3.06. The van der Waals surface area contributed by atoms with Crippen molar-refractivity contribution in [2.24, 2.45) is 0 Å². The van der Waals surface area contributed by atoms with Gasteiger partial charge in [0.2, 0.25) is 0 Å². The molecule has 0 saturated carbocycles. The van der Waals surface area contributed by atoms with E-state index in [1.807, 2.05) is 18.7 Å². The molecule has 17 heavy (non-hydrogen) atoms. The van der Waals surface area contributed by atoms with Crippen LogP contribution >= 0.6 is 11.8 Å². The molecule has 0 amide bonds. The number of ether oxygens (including phenoxy) is 1. The van der Waals surface area contributed by atoms with Crippen molar-refractivity contribution in [1.29, 1.82) is 0 Å². The van der Waals surface area contributed by atoms with E-state index < -0.39 is 0 Å². The summed E-state index contributed by atoms with van der Waals surface area (Å²) in [6, 6.07) is 9.60. The van der Waals surface area contributed by atoms with Crippen molar-refractivity contribution in [3.05, 3.63) is 29.8 Å². The Morgan fingerprint density at radius 2 is 2.12 bits per heavy atom. The van der Waals surface area contributed by atoms with E-state index in [2.05, 4.69) is 36.5 Å².